The van der Waals surface area contributed by atoms with Crippen molar-refractivity contribution in [2.75, 3.05) is 13.2 Å². The maximum absolute atomic E-state index is 11.2. The molecule has 0 saturated carbocycles. The van der Waals surface area contributed by atoms with Crippen LogP contribution in [0.15, 0.2) is 12.2 Å². The third-order valence-electron chi connectivity index (χ3n) is 2.54. The van der Waals surface area contributed by atoms with Gasteiger partial charge in [0, 0.05) is 16.5 Å². The van der Waals surface area contributed by atoms with Crippen LogP contribution < -0.4 is 0 Å². The number of esters is 2. The Labute approximate surface area is 120 Å². The van der Waals surface area contributed by atoms with E-state index in [0.29, 0.717) is 0 Å². The van der Waals surface area contributed by atoms with Crippen LogP contribution in [-0.2, 0) is 28.5 Å². The summed E-state index contributed by atoms with van der Waals surface area (Å²) in [6.07, 6.45) is 1.37. The Morgan fingerprint density at radius 1 is 1.50 bits per heavy atom. The number of aliphatic hydroxyl groups is 1. The molecule has 7 nitrogen and oxygen atoms in total. The Morgan fingerprint density at radius 3 is 2.90 bits per heavy atom. The lowest BCUT2D eigenvalue weighted by Crippen LogP contribution is -2.33. The van der Waals surface area contributed by atoms with E-state index in [1.807, 2.05) is 0 Å². The second kappa shape index (κ2) is 7.37. The van der Waals surface area contributed by atoms with Gasteiger partial charge in [-0.05, 0) is 6.92 Å². The van der Waals surface area contributed by atoms with E-state index in [-0.39, 0.29) is 19.6 Å². The highest BCUT2D eigenvalue weighted by atomic mass is 16.8. The molecular weight excluding hydrogens is 268 g/mol. The molecule has 20 heavy (non-hydrogen) atoms. The first-order valence-electron chi connectivity index (χ1n) is 7.44. The number of rotatable bonds is 6. The van der Waals surface area contributed by atoms with E-state index in [0.717, 1.165) is 0 Å². The van der Waals surface area contributed by atoms with Crippen LogP contribution in [0.4, 0.5) is 0 Å². The van der Waals surface area contributed by atoms with E-state index in [4.69, 9.17) is 21.7 Å². The van der Waals surface area contributed by atoms with Crippen molar-refractivity contribution < 1.29 is 36.4 Å². The van der Waals surface area contributed by atoms with Gasteiger partial charge in [-0.3, -0.25) is 9.59 Å². The van der Waals surface area contributed by atoms with Crippen molar-refractivity contribution in [2.24, 2.45) is 0 Å². The van der Waals surface area contributed by atoms with Gasteiger partial charge >= 0.3 is 11.9 Å². The molecule has 0 bridgehead atoms. The molecule has 0 spiro atoms. The lowest BCUT2D eigenvalue weighted by Gasteiger charge is -2.21. The Hall–Kier alpha value is -1.44. The first-order valence-corrected chi connectivity index (χ1v) is 6.03. The lowest BCUT2D eigenvalue weighted by atomic mass is 10.2. The topological polar surface area (TPSA) is 91.3 Å². The summed E-state index contributed by atoms with van der Waals surface area (Å²) in [5, 5.41) is 10.2. The predicted octanol–water partition coefficient (Wildman–Crippen LogP) is 0.509. The molecule has 1 heterocycles. The molecule has 0 radical (unpaired) electrons. The smallest absolute Gasteiger partial charge is 0.303 e. The molecule has 3 atom stereocenters. The number of hydrogen-bond donors (Lipinski definition) is 1. The van der Waals surface area contributed by atoms with Crippen LogP contribution in [-0.4, -0.2) is 48.4 Å². The van der Waals surface area contributed by atoms with Crippen molar-refractivity contribution in [1.82, 2.24) is 0 Å². The van der Waals surface area contributed by atoms with Gasteiger partial charge in [0.05, 0.1) is 13.0 Å². The first kappa shape index (κ1) is 13.5. The molecule has 114 valence electrons. The SMILES string of the molecule is [2H]CC(=O)OC[C@H]1OC(O)(OCC=CC)C[C@@H]1OC(=O)C[2H]. The summed E-state index contributed by atoms with van der Waals surface area (Å²) >= 11 is 0. The van der Waals surface area contributed by atoms with Crippen molar-refractivity contribution in [1.29, 1.82) is 0 Å². The molecule has 1 rings (SSSR count). The van der Waals surface area contributed by atoms with Crippen molar-refractivity contribution in [3.63, 3.8) is 0 Å². The van der Waals surface area contributed by atoms with Gasteiger partial charge in [0.15, 0.2) is 0 Å². The zero-order valence-electron chi connectivity index (χ0n) is 13.2. The molecule has 0 aliphatic carbocycles. The van der Waals surface area contributed by atoms with E-state index in [1.54, 1.807) is 19.1 Å². The van der Waals surface area contributed by atoms with Crippen molar-refractivity contribution in [3.8, 4) is 0 Å². The summed E-state index contributed by atoms with van der Waals surface area (Å²) in [6, 6.07) is 0. The quantitative estimate of drug-likeness (QED) is 0.433. The minimum absolute atomic E-state index is 0.0886. The molecule has 1 saturated heterocycles. The second-order valence-electron chi connectivity index (χ2n) is 4.16. The van der Waals surface area contributed by atoms with Crippen LogP contribution in [0.5, 0.6) is 0 Å². The molecule has 0 aromatic heterocycles. The Bertz CT molecular complexity index is 415. The lowest BCUT2D eigenvalue weighted by molar-refractivity contribution is -0.347. The molecular formula is C13H20O7. The summed E-state index contributed by atoms with van der Waals surface area (Å²) < 4.78 is 34.0. The number of hydrogen-bond acceptors (Lipinski definition) is 7. The van der Waals surface area contributed by atoms with Gasteiger partial charge in [0.1, 0.15) is 18.8 Å². The van der Waals surface area contributed by atoms with Crippen molar-refractivity contribution >= 4 is 11.9 Å². The number of carbonyl (C=O) groups excluding carboxylic acids is 2. The molecule has 7 heteroatoms. The van der Waals surface area contributed by atoms with E-state index in [2.05, 4.69) is 0 Å². The molecule has 0 aromatic carbocycles. The summed E-state index contributed by atoms with van der Waals surface area (Å²) in [7, 11) is 0. The molecule has 1 aliphatic heterocycles. The Kier molecular flexibility index (Phi) is 4.99. The summed E-state index contributed by atoms with van der Waals surface area (Å²) in [4.78, 5) is 22.3. The van der Waals surface area contributed by atoms with E-state index >= 15 is 0 Å². The second-order valence-corrected chi connectivity index (χ2v) is 4.16. The van der Waals surface area contributed by atoms with Crippen LogP contribution >= 0.6 is 0 Å². The monoisotopic (exact) mass is 290 g/mol. The fourth-order valence-corrected chi connectivity index (χ4v) is 1.72. The number of ether oxygens (including phenoxy) is 4. The normalized spacial score (nSPS) is 30.9. The number of allylic oxidation sites excluding steroid dienone is 1. The fourth-order valence-electron chi connectivity index (χ4n) is 1.72. The summed E-state index contributed by atoms with van der Waals surface area (Å²) in [6.45, 7) is 0.457. The van der Waals surface area contributed by atoms with Crippen molar-refractivity contribution in [2.45, 2.75) is 45.3 Å². The van der Waals surface area contributed by atoms with Gasteiger partial charge in [-0.25, -0.2) is 0 Å². The fraction of sp³-hybridized carbons (Fsp3) is 0.692. The predicted molar refractivity (Wildman–Crippen MR) is 67.4 cm³/mol. The van der Waals surface area contributed by atoms with Crippen LogP contribution in [0.25, 0.3) is 0 Å². The average Bonchev–Trinajstić information content (AvgIpc) is 2.81. The number of carbonyl (C=O) groups is 2. The van der Waals surface area contributed by atoms with Crippen LogP contribution in [0.3, 0.4) is 0 Å². The maximum Gasteiger partial charge on any atom is 0.303 e. The Balaban J connectivity index is 2.67. The zero-order valence-corrected chi connectivity index (χ0v) is 11.2. The van der Waals surface area contributed by atoms with Crippen LogP contribution in [0.1, 0.15) is 29.9 Å². The van der Waals surface area contributed by atoms with Gasteiger partial charge in [0.25, 0.3) is 5.97 Å². The Morgan fingerprint density at radius 2 is 2.25 bits per heavy atom. The molecule has 1 fully saturated rings. The molecule has 1 unspecified atom stereocenters. The minimum Gasteiger partial charge on any atom is -0.463 e. The third-order valence-corrected chi connectivity index (χ3v) is 2.54. The summed E-state index contributed by atoms with van der Waals surface area (Å²) in [5.41, 5.74) is 0. The molecule has 0 aromatic rings. The minimum atomic E-state index is -1.97. The van der Waals surface area contributed by atoms with Gasteiger partial charge in [-0.1, -0.05) is 12.2 Å². The first-order chi connectivity index (χ1) is 10.4. The van der Waals surface area contributed by atoms with Gasteiger partial charge in [-0.15, -0.1) is 0 Å². The highest BCUT2D eigenvalue weighted by molar-refractivity contribution is 5.66. The standard InChI is InChI=1S/C13H20O7/c1-4-5-6-18-13(16)7-11(19-10(3)15)12(20-13)8-17-9(2)14/h4-5,11-12,16H,6-8H2,1-3H3/t11-,12+,13?/m0/s1/i2D,3D. The highest BCUT2D eigenvalue weighted by Gasteiger charge is 2.48. The zero-order chi connectivity index (χ0) is 16.6. The largest absolute Gasteiger partial charge is 0.463 e. The van der Waals surface area contributed by atoms with E-state index in [9.17, 15) is 14.7 Å². The van der Waals surface area contributed by atoms with Crippen molar-refractivity contribution in [3.05, 3.63) is 12.2 Å². The highest BCUT2D eigenvalue weighted by Crippen LogP contribution is 2.32. The average molecular weight is 290 g/mol. The summed E-state index contributed by atoms with van der Waals surface area (Å²) in [5.74, 6) is -3.52. The molecule has 1 aliphatic rings. The van der Waals surface area contributed by atoms with Gasteiger partial charge in [-0.2, -0.15) is 0 Å². The molecule has 0 amide bonds. The van der Waals surface area contributed by atoms with Crippen LogP contribution in [0, 0.1) is 0 Å². The van der Waals surface area contributed by atoms with Gasteiger partial charge in [0.2, 0.25) is 0 Å². The van der Waals surface area contributed by atoms with E-state index in [1.165, 1.54) is 0 Å². The molecule has 1 N–H and O–H groups in total. The maximum atomic E-state index is 11.2. The van der Waals surface area contributed by atoms with E-state index < -0.39 is 43.9 Å². The third kappa shape index (κ3) is 5.28. The van der Waals surface area contributed by atoms with Crippen LogP contribution in [0.2, 0.25) is 0 Å². The van der Waals surface area contributed by atoms with Gasteiger partial charge < -0.3 is 24.1 Å².